The van der Waals surface area contributed by atoms with Gasteiger partial charge in [-0.05, 0) is 117 Å². The summed E-state index contributed by atoms with van der Waals surface area (Å²) in [5, 5.41) is 0. The lowest BCUT2D eigenvalue weighted by molar-refractivity contribution is 0.0361. The summed E-state index contributed by atoms with van der Waals surface area (Å²) in [5.74, 6) is 5.00. The van der Waals surface area contributed by atoms with E-state index in [9.17, 15) is 0 Å². The first kappa shape index (κ1) is 34.6. The quantitative estimate of drug-likeness (QED) is 0.176. The zero-order chi connectivity index (χ0) is 38.5. The molecule has 2 fully saturated rings. The van der Waals surface area contributed by atoms with Crippen molar-refractivity contribution in [3.8, 4) is 67.5 Å². The molecule has 57 heavy (non-hydrogen) atoms. The summed E-state index contributed by atoms with van der Waals surface area (Å²) >= 11 is 0. The molecule has 1 spiro atoms. The molecule has 280 valence electrons. The molecule has 5 atom stereocenters. The third-order valence-corrected chi connectivity index (χ3v) is 14.6. The van der Waals surface area contributed by atoms with Gasteiger partial charge < -0.3 is 0 Å². The van der Waals surface area contributed by atoms with Crippen LogP contribution in [0.25, 0.3) is 67.5 Å². The summed E-state index contributed by atoms with van der Waals surface area (Å²) in [6, 6.07) is 50.9. The van der Waals surface area contributed by atoms with E-state index in [-0.39, 0.29) is 10.8 Å². The molecule has 2 bridgehead atoms. The monoisotopic (exact) mass is 739 g/mol. The third kappa shape index (κ3) is 5.13. The molecule has 0 amide bonds. The lowest BCUT2D eigenvalue weighted by Crippen LogP contribution is -2.50. The lowest BCUT2D eigenvalue weighted by Gasteiger charge is -2.55. The van der Waals surface area contributed by atoms with Crippen molar-refractivity contribution in [2.24, 2.45) is 23.7 Å². The van der Waals surface area contributed by atoms with E-state index < -0.39 is 0 Å². The fourth-order valence-electron chi connectivity index (χ4n) is 12.2. The molecule has 3 nitrogen and oxygen atoms in total. The van der Waals surface area contributed by atoms with Crippen LogP contribution in [0.3, 0.4) is 0 Å². The lowest BCUT2D eigenvalue weighted by atomic mass is 9.48. The van der Waals surface area contributed by atoms with Crippen LogP contribution in [0.15, 0.2) is 140 Å². The van der Waals surface area contributed by atoms with Gasteiger partial charge in [0.15, 0.2) is 17.5 Å². The van der Waals surface area contributed by atoms with E-state index in [0.29, 0.717) is 29.3 Å². The summed E-state index contributed by atoms with van der Waals surface area (Å²) in [6.45, 7) is 10.0. The van der Waals surface area contributed by atoms with Crippen molar-refractivity contribution in [3.63, 3.8) is 0 Å². The van der Waals surface area contributed by atoms with Crippen LogP contribution >= 0.6 is 0 Å². The second-order valence-electron chi connectivity index (χ2n) is 18.0. The van der Waals surface area contributed by atoms with Gasteiger partial charge in [0.05, 0.1) is 0 Å². The van der Waals surface area contributed by atoms with E-state index in [2.05, 4.69) is 131 Å². The predicted molar refractivity (Wildman–Crippen MR) is 234 cm³/mol. The van der Waals surface area contributed by atoms with Crippen molar-refractivity contribution in [2.75, 3.05) is 0 Å². The fraction of sp³-hybridized carbons (Fsp3) is 0.278. The Kier molecular flexibility index (Phi) is 7.84. The second-order valence-corrected chi connectivity index (χ2v) is 18.0. The maximum atomic E-state index is 5.05. The van der Waals surface area contributed by atoms with Gasteiger partial charge in [-0.3, -0.25) is 0 Å². The van der Waals surface area contributed by atoms with Crippen LogP contribution in [-0.2, 0) is 10.8 Å². The average Bonchev–Trinajstić information content (AvgIpc) is 3.69. The highest BCUT2D eigenvalue weighted by molar-refractivity contribution is 5.93. The third-order valence-electron chi connectivity index (χ3n) is 14.6. The zero-order valence-electron chi connectivity index (χ0n) is 33.5. The molecular formula is C54H49N3. The standard InChI is InChI=1S/C54H49N3/c1-5-34-28-35-27-33(2)54(41(29-34)30-35)47-22-13-12-21-42(47)43-24-25-44-45-32-39(23-26-46(45)53(3,4)48(44)49(43)54)38-19-14-20-40(31-38)52-56-50(36-15-8-6-9-16-36)55-51(57-52)37-17-10-7-11-18-37/h6-26,31-35,41H,5,27-30H2,1-4H3. The highest BCUT2D eigenvalue weighted by Gasteiger charge is 2.59. The minimum atomic E-state index is -0.118. The Morgan fingerprint density at radius 1 is 0.491 bits per heavy atom. The van der Waals surface area contributed by atoms with E-state index in [4.69, 9.17) is 15.0 Å². The SMILES string of the molecule is CCC1CC2CC(C)C3(c4ccccc4-c4ccc5c(c43)C(C)(C)c3ccc(-c4cccc(-c6nc(-c7ccccc7)nc(-c7ccccc7)n6)c4)cc3-5)C(C1)C2. The predicted octanol–water partition coefficient (Wildman–Crippen LogP) is 13.6. The van der Waals surface area contributed by atoms with Crippen LogP contribution in [0, 0.1) is 23.7 Å². The minimum absolute atomic E-state index is 0.0554. The molecule has 0 radical (unpaired) electrons. The number of nitrogens with zero attached hydrogens (tertiary/aromatic N) is 3. The molecular weight excluding hydrogens is 691 g/mol. The molecule has 7 aromatic rings. The van der Waals surface area contributed by atoms with Gasteiger partial charge in [0.2, 0.25) is 0 Å². The number of benzene rings is 6. The van der Waals surface area contributed by atoms with E-state index >= 15 is 0 Å². The summed E-state index contributed by atoms with van der Waals surface area (Å²) in [4.78, 5) is 15.0. The van der Waals surface area contributed by atoms with Crippen LogP contribution < -0.4 is 0 Å². The molecule has 1 heterocycles. The molecule has 2 saturated carbocycles. The summed E-state index contributed by atoms with van der Waals surface area (Å²) in [7, 11) is 0. The van der Waals surface area contributed by atoms with Crippen molar-refractivity contribution in [2.45, 2.75) is 70.6 Å². The topological polar surface area (TPSA) is 38.7 Å². The number of fused-ring (bicyclic) bond motifs is 12. The van der Waals surface area contributed by atoms with Crippen LogP contribution in [0.4, 0.5) is 0 Å². The van der Waals surface area contributed by atoms with Crippen LogP contribution in [0.5, 0.6) is 0 Å². The fourth-order valence-corrected chi connectivity index (χ4v) is 12.2. The molecule has 0 N–H and O–H groups in total. The van der Waals surface area contributed by atoms with Gasteiger partial charge >= 0.3 is 0 Å². The van der Waals surface area contributed by atoms with Gasteiger partial charge in [0.25, 0.3) is 0 Å². The number of rotatable bonds is 5. The highest BCUT2D eigenvalue weighted by Crippen LogP contribution is 2.68. The first-order chi connectivity index (χ1) is 27.8. The summed E-state index contributed by atoms with van der Waals surface area (Å²) < 4.78 is 0. The van der Waals surface area contributed by atoms with Gasteiger partial charge in [-0.25, -0.2) is 15.0 Å². The van der Waals surface area contributed by atoms with Crippen molar-refractivity contribution in [1.29, 1.82) is 0 Å². The maximum absolute atomic E-state index is 5.05. The Morgan fingerprint density at radius 2 is 1.09 bits per heavy atom. The Morgan fingerprint density at radius 3 is 1.79 bits per heavy atom. The van der Waals surface area contributed by atoms with Crippen molar-refractivity contribution < 1.29 is 0 Å². The molecule has 0 saturated heterocycles. The molecule has 4 aliphatic carbocycles. The smallest absolute Gasteiger partial charge is 0.164 e. The summed E-state index contributed by atoms with van der Waals surface area (Å²) in [6.07, 6.45) is 6.77. The Labute approximate surface area is 337 Å². The number of aromatic nitrogens is 3. The van der Waals surface area contributed by atoms with E-state index in [0.717, 1.165) is 34.1 Å². The van der Waals surface area contributed by atoms with Crippen molar-refractivity contribution >= 4 is 0 Å². The molecule has 5 unspecified atom stereocenters. The van der Waals surface area contributed by atoms with Gasteiger partial charge in [-0.1, -0.05) is 162 Å². The molecule has 1 aromatic heterocycles. The Balaban J connectivity index is 1.04. The van der Waals surface area contributed by atoms with Crippen LogP contribution in [-0.4, -0.2) is 15.0 Å². The molecule has 3 heteroatoms. The second kappa shape index (κ2) is 12.9. The van der Waals surface area contributed by atoms with E-state index in [1.807, 2.05) is 36.4 Å². The summed E-state index contributed by atoms with van der Waals surface area (Å²) in [5.41, 5.74) is 17.3. The molecule has 4 aliphatic rings. The normalized spacial score (nSPS) is 23.4. The van der Waals surface area contributed by atoms with Gasteiger partial charge in [-0.2, -0.15) is 0 Å². The minimum Gasteiger partial charge on any atom is -0.208 e. The molecule has 6 aromatic carbocycles. The van der Waals surface area contributed by atoms with Crippen molar-refractivity contribution in [1.82, 2.24) is 15.0 Å². The van der Waals surface area contributed by atoms with Crippen LogP contribution in [0.1, 0.15) is 82.1 Å². The largest absolute Gasteiger partial charge is 0.208 e. The maximum Gasteiger partial charge on any atom is 0.164 e. The zero-order valence-corrected chi connectivity index (χ0v) is 33.5. The average molecular weight is 740 g/mol. The Hall–Kier alpha value is -5.67. The van der Waals surface area contributed by atoms with E-state index in [1.54, 1.807) is 16.7 Å². The van der Waals surface area contributed by atoms with Gasteiger partial charge in [0.1, 0.15) is 0 Å². The molecule has 0 aliphatic heterocycles. The number of hydrogen-bond donors (Lipinski definition) is 0. The van der Waals surface area contributed by atoms with Crippen molar-refractivity contribution in [3.05, 3.63) is 162 Å². The van der Waals surface area contributed by atoms with Gasteiger partial charge in [0, 0.05) is 27.5 Å². The highest BCUT2D eigenvalue weighted by atomic mass is 15.0. The molecule has 11 rings (SSSR count). The Bertz CT molecular complexity index is 2640. The first-order valence-electron chi connectivity index (χ1n) is 21.2. The van der Waals surface area contributed by atoms with E-state index in [1.165, 1.54) is 65.5 Å². The van der Waals surface area contributed by atoms with Gasteiger partial charge in [-0.15, -0.1) is 0 Å². The van der Waals surface area contributed by atoms with Crippen LogP contribution in [0.2, 0.25) is 0 Å². The first-order valence-corrected chi connectivity index (χ1v) is 21.2. The number of hydrogen-bond acceptors (Lipinski definition) is 3.